The fourth-order valence-electron chi connectivity index (χ4n) is 3.93. The van der Waals surface area contributed by atoms with Crippen LogP contribution >= 0.6 is 0 Å². The SMILES string of the molecule is CCOc1ccc2c(c1)c(-c1ccc(C(C)C)cc1)nc(=O)n2Cc1ccc(OC)c(O)c1. The Balaban J connectivity index is 1.87. The van der Waals surface area contributed by atoms with Crippen molar-refractivity contribution >= 4 is 10.9 Å². The Morgan fingerprint density at radius 1 is 1.03 bits per heavy atom. The summed E-state index contributed by atoms with van der Waals surface area (Å²) in [6.45, 7) is 7.04. The highest BCUT2D eigenvalue weighted by molar-refractivity contribution is 5.93. The summed E-state index contributed by atoms with van der Waals surface area (Å²) in [6, 6.07) is 19.0. The predicted octanol–water partition coefficient (Wildman–Crippen LogP) is 5.35. The largest absolute Gasteiger partial charge is 0.504 e. The highest BCUT2D eigenvalue weighted by Crippen LogP contribution is 2.31. The first-order valence-corrected chi connectivity index (χ1v) is 11.0. The molecule has 0 saturated carbocycles. The molecule has 0 bridgehead atoms. The van der Waals surface area contributed by atoms with Crippen molar-refractivity contribution in [3.8, 4) is 28.5 Å². The summed E-state index contributed by atoms with van der Waals surface area (Å²) in [6.07, 6.45) is 0. The summed E-state index contributed by atoms with van der Waals surface area (Å²) in [5.74, 6) is 1.55. The van der Waals surface area contributed by atoms with Crippen molar-refractivity contribution in [2.45, 2.75) is 33.2 Å². The highest BCUT2D eigenvalue weighted by Gasteiger charge is 2.15. The lowest BCUT2D eigenvalue weighted by molar-refractivity contribution is 0.340. The number of hydrogen-bond acceptors (Lipinski definition) is 5. The fraction of sp³-hybridized carbons (Fsp3) is 0.259. The first kappa shape index (κ1) is 22.4. The van der Waals surface area contributed by atoms with Crippen LogP contribution in [-0.4, -0.2) is 28.4 Å². The number of rotatable bonds is 7. The number of fused-ring (bicyclic) bond motifs is 1. The van der Waals surface area contributed by atoms with Gasteiger partial charge in [0.2, 0.25) is 0 Å². The molecule has 4 rings (SSSR count). The minimum atomic E-state index is -0.357. The maximum Gasteiger partial charge on any atom is 0.348 e. The van der Waals surface area contributed by atoms with Crippen LogP contribution in [0.3, 0.4) is 0 Å². The zero-order valence-electron chi connectivity index (χ0n) is 19.3. The van der Waals surface area contributed by atoms with Crippen molar-refractivity contribution in [3.63, 3.8) is 0 Å². The second kappa shape index (κ2) is 9.36. The van der Waals surface area contributed by atoms with Crippen LogP contribution in [0.25, 0.3) is 22.2 Å². The first-order chi connectivity index (χ1) is 15.9. The first-order valence-electron chi connectivity index (χ1n) is 11.0. The Bertz CT molecular complexity index is 1340. The molecule has 0 spiro atoms. The van der Waals surface area contributed by atoms with Gasteiger partial charge in [-0.15, -0.1) is 0 Å². The van der Waals surface area contributed by atoms with Crippen molar-refractivity contribution < 1.29 is 14.6 Å². The van der Waals surface area contributed by atoms with E-state index in [1.165, 1.54) is 12.7 Å². The maximum absolute atomic E-state index is 13.2. The van der Waals surface area contributed by atoms with Crippen LogP contribution < -0.4 is 15.2 Å². The van der Waals surface area contributed by atoms with Crippen molar-refractivity contribution in [2.75, 3.05) is 13.7 Å². The summed E-state index contributed by atoms with van der Waals surface area (Å²) in [5, 5.41) is 11.0. The van der Waals surface area contributed by atoms with Gasteiger partial charge in [-0.1, -0.05) is 44.2 Å². The number of hydrogen-bond donors (Lipinski definition) is 1. The molecule has 0 radical (unpaired) electrons. The highest BCUT2D eigenvalue weighted by atomic mass is 16.5. The van der Waals surface area contributed by atoms with Crippen LogP contribution in [-0.2, 0) is 6.54 Å². The summed E-state index contributed by atoms with van der Waals surface area (Å²) < 4.78 is 12.5. The van der Waals surface area contributed by atoms with Gasteiger partial charge in [-0.2, -0.15) is 4.98 Å². The zero-order valence-corrected chi connectivity index (χ0v) is 19.3. The van der Waals surface area contributed by atoms with E-state index in [1.807, 2.05) is 43.3 Å². The van der Waals surface area contributed by atoms with E-state index in [-0.39, 0.29) is 18.0 Å². The average molecular weight is 445 g/mol. The molecule has 1 heterocycles. The van der Waals surface area contributed by atoms with Gasteiger partial charge in [-0.05, 0) is 54.3 Å². The van der Waals surface area contributed by atoms with Crippen LogP contribution in [0.1, 0.15) is 37.8 Å². The molecule has 1 N–H and O–H groups in total. The molecule has 3 aromatic carbocycles. The number of nitrogens with zero attached hydrogens (tertiary/aromatic N) is 2. The number of phenols is 1. The van der Waals surface area contributed by atoms with Gasteiger partial charge in [-0.25, -0.2) is 4.79 Å². The minimum absolute atomic E-state index is 0.0285. The molecule has 0 amide bonds. The van der Waals surface area contributed by atoms with Gasteiger partial charge < -0.3 is 14.6 Å². The van der Waals surface area contributed by atoms with E-state index in [1.54, 1.807) is 16.7 Å². The van der Waals surface area contributed by atoms with Crippen molar-refractivity contribution in [1.82, 2.24) is 9.55 Å². The quantitative estimate of drug-likeness (QED) is 0.416. The third-order valence-corrected chi connectivity index (χ3v) is 5.70. The number of benzene rings is 3. The molecule has 0 unspecified atom stereocenters. The normalized spacial score (nSPS) is 11.2. The average Bonchev–Trinajstić information content (AvgIpc) is 2.81. The van der Waals surface area contributed by atoms with Crippen LogP contribution in [0.2, 0.25) is 0 Å². The minimum Gasteiger partial charge on any atom is -0.504 e. The molecule has 4 aromatic rings. The van der Waals surface area contributed by atoms with E-state index < -0.39 is 0 Å². The summed E-state index contributed by atoms with van der Waals surface area (Å²) in [7, 11) is 1.50. The van der Waals surface area contributed by atoms with Crippen molar-refractivity contribution in [3.05, 3.63) is 82.3 Å². The zero-order chi connectivity index (χ0) is 23.5. The van der Waals surface area contributed by atoms with E-state index in [2.05, 4.69) is 31.0 Å². The monoisotopic (exact) mass is 444 g/mol. The molecular formula is C27H28N2O4. The molecule has 0 fully saturated rings. The van der Waals surface area contributed by atoms with E-state index >= 15 is 0 Å². The lowest BCUT2D eigenvalue weighted by Crippen LogP contribution is -2.24. The number of ether oxygens (including phenoxy) is 2. The Kier molecular flexibility index (Phi) is 6.36. The van der Waals surface area contributed by atoms with Crippen molar-refractivity contribution in [1.29, 1.82) is 0 Å². The number of aromatic hydroxyl groups is 1. The van der Waals surface area contributed by atoms with E-state index in [0.717, 1.165) is 27.8 Å². The lowest BCUT2D eigenvalue weighted by atomic mass is 9.99. The molecule has 1 aromatic heterocycles. The number of aromatic nitrogens is 2. The van der Waals surface area contributed by atoms with Gasteiger partial charge in [0.05, 0.1) is 31.5 Å². The molecule has 170 valence electrons. The van der Waals surface area contributed by atoms with Gasteiger partial charge in [-0.3, -0.25) is 4.57 Å². The summed E-state index contributed by atoms with van der Waals surface area (Å²) >= 11 is 0. The second-order valence-corrected chi connectivity index (χ2v) is 8.22. The van der Waals surface area contributed by atoms with Gasteiger partial charge >= 0.3 is 5.69 Å². The van der Waals surface area contributed by atoms with Crippen molar-refractivity contribution in [2.24, 2.45) is 0 Å². The lowest BCUT2D eigenvalue weighted by Gasteiger charge is -2.15. The van der Waals surface area contributed by atoms with E-state index in [4.69, 9.17) is 9.47 Å². The molecular weight excluding hydrogens is 416 g/mol. The van der Waals surface area contributed by atoms with Crippen LogP contribution in [0.4, 0.5) is 0 Å². The summed E-state index contributed by atoms with van der Waals surface area (Å²) in [4.78, 5) is 17.6. The molecule has 0 aliphatic rings. The third-order valence-electron chi connectivity index (χ3n) is 5.70. The van der Waals surface area contributed by atoms with Crippen LogP contribution in [0.5, 0.6) is 17.2 Å². The Hall–Kier alpha value is -3.80. The number of methoxy groups -OCH3 is 1. The van der Waals surface area contributed by atoms with E-state index in [0.29, 0.717) is 24.0 Å². The Labute approximate surface area is 193 Å². The van der Waals surface area contributed by atoms with Gasteiger partial charge in [0.15, 0.2) is 11.5 Å². The number of phenolic OH excluding ortho intramolecular Hbond substituents is 1. The Morgan fingerprint density at radius 2 is 1.79 bits per heavy atom. The molecule has 33 heavy (non-hydrogen) atoms. The smallest absolute Gasteiger partial charge is 0.348 e. The van der Waals surface area contributed by atoms with Gasteiger partial charge in [0.25, 0.3) is 0 Å². The topological polar surface area (TPSA) is 73.6 Å². The van der Waals surface area contributed by atoms with E-state index in [9.17, 15) is 9.90 Å². The standard InChI is InChI=1S/C27H28N2O4/c1-5-33-21-11-12-23-22(15-21)26(20-9-7-19(8-10-20)17(2)3)28-27(31)29(23)16-18-6-13-25(32-4)24(30)14-18/h6-15,17,30H,5,16H2,1-4H3. The molecule has 0 saturated heterocycles. The van der Waals surface area contributed by atoms with Gasteiger partial charge in [0.1, 0.15) is 5.75 Å². The van der Waals surface area contributed by atoms with Crippen LogP contribution in [0.15, 0.2) is 65.5 Å². The maximum atomic E-state index is 13.2. The molecule has 0 aliphatic heterocycles. The summed E-state index contributed by atoms with van der Waals surface area (Å²) in [5.41, 5.74) is 3.89. The van der Waals surface area contributed by atoms with Gasteiger partial charge in [0, 0.05) is 10.9 Å². The fourth-order valence-corrected chi connectivity index (χ4v) is 3.93. The second-order valence-electron chi connectivity index (χ2n) is 8.22. The molecule has 0 atom stereocenters. The predicted molar refractivity (Wildman–Crippen MR) is 130 cm³/mol. The third kappa shape index (κ3) is 4.55. The molecule has 0 aliphatic carbocycles. The molecule has 6 nitrogen and oxygen atoms in total. The van der Waals surface area contributed by atoms with Crippen LogP contribution in [0, 0.1) is 0 Å². The molecule has 6 heteroatoms. The Morgan fingerprint density at radius 3 is 2.42 bits per heavy atom.